The molecule has 0 saturated carbocycles. The molecule has 1 aliphatic carbocycles. The van der Waals surface area contributed by atoms with Crippen LogP contribution in [-0.4, -0.2) is 34.9 Å². The maximum atomic E-state index is 5.90. The first-order chi connectivity index (χ1) is 14.1. The number of hydrogen-bond acceptors (Lipinski definition) is 5. The highest BCUT2D eigenvalue weighted by Gasteiger charge is 2.17. The van der Waals surface area contributed by atoms with Crippen LogP contribution in [0, 0.1) is 6.92 Å². The fraction of sp³-hybridized carbons (Fsp3) is 0.409. The van der Waals surface area contributed by atoms with Crippen LogP contribution < -0.4 is 5.32 Å². The molecule has 1 N–H and O–H groups in total. The van der Waals surface area contributed by atoms with Crippen molar-refractivity contribution in [1.82, 2.24) is 20.2 Å². The number of aromatic nitrogens is 2. The Morgan fingerprint density at radius 3 is 2.73 bits per heavy atom. The number of halogens is 1. The van der Waals surface area contributed by atoms with Crippen LogP contribution in [0.1, 0.15) is 39.9 Å². The second kappa shape index (κ2) is 10.4. The molecule has 0 saturated heterocycles. The van der Waals surface area contributed by atoms with Gasteiger partial charge < -0.3 is 14.6 Å². The number of fused-ring (bicyclic) bond motifs is 1. The topological polar surface area (TPSA) is 66.6 Å². The van der Waals surface area contributed by atoms with E-state index in [1.54, 1.807) is 13.2 Å². The smallest absolute Gasteiger partial charge is 0.214 e. The van der Waals surface area contributed by atoms with Crippen molar-refractivity contribution in [3.05, 3.63) is 57.5 Å². The highest BCUT2D eigenvalue weighted by molar-refractivity contribution is 14.0. The molecule has 2 heterocycles. The van der Waals surface area contributed by atoms with E-state index in [-0.39, 0.29) is 24.0 Å². The zero-order chi connectivity index (χ0) is 20.2. The van der Waals surface area contributed by atoms with Crippen molar-refractivity contribution in [3.8, 4) is 11.3 Å². The van der Waals surface area contributed by atoms with E-state index < -0.39 is 0 Å². The van der Waals surface area contributed by atoms with E-state index in [0.717, 1.165) is 35.3 Å². The van der Waals surface area contributed by atoms with Crippen molar-refractivity contribution >= 4 is 41.3 Å². The lowest BCUT2D eigenvalue weighted by Crippen LogP contribution is -2.38. The number of thiazole rings is 1. The van der Waals surface area contributed by atoms with Crippen LogP contribution in [0.5, 0.6) is 0 Å². The minimum absolute atomic E-state index is 0. The van der Waals surface area contributed by atoms with Gasteiger partial charge in [0.2, 0.25) is 5.89 Å². The monoisotopic (exact) mass is 537 g/mol. The molecule has 0 fully saturated rings. The summed E-state index contributed by atoms with van der Waals surface area (Å²) in [6.45, 7) is 3.30. The van der Waals surface area contributed by atoms with E-state index in [2.05, 4.69) is 39.2 Å². The van der Waals surface area contributed by atoms with Gasteiger partial charge in [0.15, 0.2) is 11.7 Å². The van der Waals surface area contributed by atoms with Gasteiger partial charge in [0, 0.05) is 24.5 Å². The summed E-state index contributed by atoms with van der Waals surface area (Å²) in [6, 6.07) is 8.24. The summed E-state index contributed by atoms with van der Waals surface area (Å²) in [4.78, 5) is 17.2. The molecular formula is C22H28IN5OS. The van der Waals surface area contributed by atoms with E-state index in [4.69, 9.17) is 9.40 Å². The second-order valence-corrected chi connectivity index (χ2v) is 8.59. The third-order valence-corrected chi connectivity index (χ3v) is 6.27. The summed E-state index contributed by atoms with van der Waals surface area (Å²) in [5.74, 6) is 2.21. The minimum atomic E-state index is 0. The summed E-state index contributed by atoms with van der Waals surface area (Å²) in [5, 5.41) is 4.49. The van der Waals surface area contributed by atoms with Crippen LogP contribution in [-0.2, 0) is 25.9 Å². The Labute approximate surface area is 198 Å². The Morgan fingerprint density at radius 1 is 1.23 bits per heavy atom. The number of aryl methyl sites for hydroxylation is 3. The number of hydrogen-bond donors (Lipinski definition) is 1. The molecule has 0 atom stereocenters. The standard InChI is InChI=1S/C22H27N5OS.HI/c1-15-8-10-16(11-9-15)18-12-24-20(28-18)13-25-22(23-2)27(3)14-21-26-17-6-4-5-7-19(17)29-21;/h8-12H,4-7,13-14H2,1-3H3,(H,23,25);1H. The van der Waals surface area contributed by atoms with Gasteiger partial charge in [-0.1, -0.05) is 29.8 Å². The Kier molecular flexibility index (Phi) is 7.87. The zero-order valence-electron chi connectivity index (χ0n) is 17.6. The van der Waals surface area contributed by atoms with Gasteiger partial charge in [0.05, 0.1) is 25.0 Å². The zero-order valence-corrected chi connectivity index (χ0v) is 20.8. The Morgan fingerprint density at radius 2 is 2.00 bits per heavy atom. The number of benzene rings is 1. The molecule has 0 amide bonds. The van der Waals surface area contributed by atoms with Crippen molar-refractivity contribution in [2.75, 3.05) is 14.1 Å². The molecule has 0 unspecified atom stereocenters. The summed E-state index contributed by atoms with van der Waals surface area (Å²) in [5.41, 5.74) is 3.56. The quantitative estimate of drug-likeness (QED) is 0.288. The Bertz CT molecular complexity index is 972. The van der Waals surface area contributed by atoms with Gasteiger partial charge in [0.1, 0.15) is 5.01 Å². The number of oxazole rings is 1. The van der Waals surface area contributed by atoms with Crippen molar-refractivity contribution in [3.63, 3.8) is 0 Å². The van der Waals surface area contributed by atoms with Gasteiger partial charge in [-0.05, 0) is 32.6 Å². The number of nitrogens with one attached hydrogen (secondary N) is 1. The molecule has 0 bridgehead atoms. The minimum Gasteiger partial charge on any atom is -0.439 e. The molecule has 8 heteroatoms. The lowest BCUT2D eigenvalue weighted by atomic mass is 10.0. The second-order valence-electron chi connectivity index (χ2n) is 7.43. The molecule has 1 aromatic carbocycles. The average Bonchev–Trinajstić information content (AvgIpc) is 3.35. The van der Waals surface area contributed by atoms with Crippen LogP contribution in [0.2, 0.25) is 0 Å². The molecular weight excluding hydrogens is 509 g/mol. The molecule has 160 valence electrons. The third kappa shape index (κ3) is 5.40. The summed E-state index contributed by atoms with van der Waals surface area (Å²) < 4.78 is 5.90. The lowest BCUT2D eigenvalue weighted by Gasteiger charge is -2.20. The number of aliphatic imine (C=N–C) groups is 1. The van der Waals surface area contributed by atoms with Crippen molar-refractivity contribution in [2.24, 2.45) is 4.99 Å². The van der Waals surface area contributed by atoms with E-state index in [1.165, 1.54) is 35.4 Å². The first-order valence-corrected chi connectivity index (χ1v) is 10.8. The van der Waals surface area contributed by atoms with Gasteiger partial charge in [-0.3, -0.25) is 4.99 Å². The molecule has 2 aromatic heterocycles. The molecule has 30 heavy (non-hydrogen) atoms. The molecule has 6 nitrogen and oxygen atoms in total. The van der Waals surface area contributed by atoms with Gasteiger partial charge in [0.25, 0.3) is 0 Å². The third-order valence-electron chi connectivity index (χ3n) is 5.12. The largest absolute Gasteiger partial charge is 0.439 e. The van der Waals surface area contributed by atoms with Crippen molar-refractivity contribution < 1.29 is 4.42 Å². The molecule has 4 rings (SSSR count). The van der Waals surface area contributed by atoms with Gasteiger partial charge in [-0.15, -0.1) is 35.3 Å². The molecule has 0 aliphatic heterocycles. The lowest BCUT2D eigenvalue weighted by molar-refractivity contribution is 0.455. The summed E-state index contributed by atoms with van der Waals surface area (Å²) in [7, 11) is 3.82. The molecule has 0 spiro atoms. The average molecular weight is 537 g/mol. The van der Waals surface area contributed by atoms with Crippen molar-refractivity contribution in [2.45, 2.75) is 45.7 Å². The Balaban J connectivity index is 0.00000256. The molecule has 0 radical (unpaired) electrons. The Hall–Kier alpha value is -1.94. The van der Waals surface area contributed by atoms with Crippen molar-refractivity contribution in [1.29, 1.82) is 0 Å². The maximum absolute atomic E-state index is 5.90. The van der Waals surface area contributed by atoms with Crippen LogP contribution in [0.15, 0.2) is 39.9 Å². The van der Waals surface area contributed by atoms with E-state index in [1.807, 2.05) is 30.5 Å². The van der Waals surface area contributed by atoms with E-state index in [0.29, 0.717) is 12.4 Å². The fourth-order valence-corrected chi connectivity index (χ4v) is 4.74. The summed E-state index contributed by atoms with van der Waals surface area (Å²) >= 11 is 1.84. The van der Waals surface area contributed by atoms with Crippen LogP contribution in [0.25, 0.3) is 11.3 Å². The maximum Gasteiger partial charge on any atom is 0.214 e. The molecule has 3 aromatic rings. The highest BCUT2D eigenvalue weighted by Crippen LogP contribution is 2.27. The summed E-state index contributed by atoms with van der Waals surface area (Å²) in [6.07, 6.45) is 6.62. The van der Waals surface area contributed by atoms with Crippen LogP contribution >= 0.6 is 35.3 Å². The highest BCUT2D eigenvalue weighted by atomic mass is 127. The normalized spacial score (nSPS) is 13.5. The van der Waals surface area contributed by atoms with E-state index >= 15 is 0 Å². The van der Waals surface area contributed by atoms with Gasteiger partial charge >= 0.3 is 0 Å². The molecule has 1 aliphatic rings. The van der Waals surface area contributed by atoms with E-state index in [9.17, 15) is 0 Å². The first-order valence-electron chi connectivity index (χ1n) is 10.0. The van der Waals surface area contributed by atoms with Gasteiger partial charge in [-0.25, -0.2) is 9.97 Å². The van der Waals surface area contributed by atoms with Gasteiger partial charge in [-0.2, -0.15) is 0 Å². The first kappa shape index (κ1) is 22.7. The number of nitrogens with zero attached hydrogens (tertiary/aromatic N) is 4. The predicted octanol–water partition coefficient (Wildman–Crippen LogP) is 4.81. The fourth-order valence-electron chi connectivity index (χ4n) is 3.53. The number of rotatable bonds is 5. The van der Waals surface area contributed by atoms with Crippen LogP contribution in [0.3, 0.4) is 0 Å². The predicted molar refractivity (Wildman–Crippen MR) is 133 cm³/mol. The SMILES string of the molecule is CN=C(NCc1ncc(-c2ccc(C)cc2)o1)N(C)Cc1nc2c(s1)CCCC2.I. The van der Waals surface area contributed by atoms with Crippen LogP contribution in [0.4, 0.5) is 0 Å². The number of guanidine groups is 1.